The Kier molecular flexibility index (Phi) is 7.30. The molecule has 1 saturated heterocycles. The third-order valence-electron chi connectivity index (χ3n) is 7.21. The van der Waals surface area contributed by atoms with E-state index in [2.05, 4.69) is 32.7 Å². The van der Waals surface area contributed by atoms with Crippen molar-refractivity contribution in [2.45, 2.75) is 45.6 Å². The number of benzene rings is 1. The van der Waals surface area contributed by atoms with Crippen LogP contribution >= 0.6 is 22.9 Å². The third kappa shape index (κ3) is 5.42. The molecule has 2 amide bonds. The summed E-state index contributed by atoms with van der Waals surface area (Å²) in [6.07, 6.45) is 3.80. The molecule has 0 spiro atoms. The van der Waals surface area contributed by atoms with Gasteiger partial charge in [-0.1, -0.05) is 17.7 Å². The highest BCUT2D eigenvalue weighted by molar-refractivity contribution is 7.12. The second kappa shape index (κ2) is 10.6. The molecule has 0 radical (unpaired) electrons. The van der Waals surface area contributed by atoms with Crippen molar-refractivity contribution in [2.75, 3.05) is 24.5 Å². The Morgan fingerprint density at radius 3 is 2.50 bits per heavy atom. The fourth-order valence-electron chi connectivity index (χ4n) is 5.30. The number of nitrogens with one attached hydrogen (secondary N) is 2. The lowest BCUT2D eigenvalue weighted by Gasteiger charge is -2.34. The maximum absolute atomic E-state index is 13.0. The number of hydrogen-bond donors (Lipinski definition) is 2. The Hall–Kier alpha value is -2.90. The van der Waals surface area contributed by atoms with E-state index < -0.39 is 0 Å². The molecular weight excluding hydrogens is 492 g/mol. The van der Waals surface area contributed by atoms with Crippen LogP contribution in [0.4, 0.5) is 5.69 Å². The van der Waals surface area contributed by atoms with Crippen molar-refractivity contribution in [3.63, 3.8) is 0 Å². The maximum Gasteiger partial charge on any atom is 0.263 e. The number of nitrogens with zero attached hydrogens (tertiary/aromatic N) is 2. The molecule has 3 heterocycles. The van der Waals surface area contributed by atoms with E-state index in [1.807, 2.05) is 37.4 Å². The van der Waals surface area contributed by atoms with E-state index >= 15 is 0 Å². The van der Waals surface area contributed by atoms with Crippen LogP contribution in [0.2, 0.25) is 5.02 Å². The standard InChI is InChI=1S/C28H31ClN4O2S/c1-17-13-22(14-18(2)31-17)33-10-7-19(8-11-33)16-30-27(34)21-4-3-20-5-6-25(23(20)15-21)32-28(35)26-24(29)9-12-36-26/h3-4,9,12-15,19,25H,5-8,10-11,16H2,1-2H3,(H,30,34)(H,32,35). The van der Waals surface area contributed by atoms with E-state index in [9.17, 15) is 9.59 Å². The van der Waals surface area contributed by atoms with Gasteiger partial charge >= 0.3 is 0 Å². The van der Waals surface area contributed by atoms with Gasteiger partial charge in [0.15, 0.2) is 0 Å². The third-order valence-corrected chi connectivity index (χ3v) is 8.55. The second-order valence-electron chi connectivity index (χ2n) is 9.82. The molecule has 1 aliphatic carbocycles. The van der Waals surface area contributed by atoms with Crippen LogP contribution in [-0.2, 0) is 6.42 Å². The quantitative estimate of drug-likeness (QED) is 0.449. The van der Waals surface area contributed by atoms with Crippen molar-refractivity contribution in [3.05, 3.63) is 79.8 Å². The van der Waals surface area contributed by atoms with Gasteiger partial charge in [-0.15, -0.1) is 11.3 Å². The van der Waals surface area contributed by atoms with Crippen LogP contribution in [0.3, 0.4) is 0 Å². The predicted octanol–water partition coefficient (Wildman–Crippen LogP) is 5.48. The number of anilines is 1. The van der Waals surface area contributed by atoms with E-state index in [-0.39, 0.29) is 17.9 Å². The number of hydrogen-bond acceptors (Lipinski definition) is 5. The summed E-state index contributed by atoms with van der Waals surface area (Å²) < 4.78 is 0. The molecule has 1 unspecified atom stereocenters. The first-order valence-corrected chi connectivity index (χ1v) is 13.8. The lowest BCUT2D eigenvalue weighted by atomic mass is 9.96. The lowest BCUT2D eigenvalue weighted by molar-refractivity contribution is 0.0937. The van der Waals surface area contributed by atoms with E-state index in [1.54, 1.807) is 6.07 Å². The molecule has 3 aromatic rings. The fourth-order valence-corrected chi connectivity index (χ4v) is 6.35. The van der Waals surface area contributed by atoms with Crippen LogP contribution in [0, 0.1) is 19.8 Å². The van der Waals surface area contributed by atoms with Gasteiger partial charge < -0.3 is 15.5 Å². The van der Waals surface area contributed by atoms with Crippen LogP contribution in [0.5, 0.6) is 0 Å². The fraction of sp³-hybridized carbons (Fsp3) is 0.393. The Morgan fingerprint density at radius 2 is 1.81 bits per heavy atom. The normalized spacial score (nSPS) is 17.6. The summed E-state index contributed by atoms with van der Waals surface area (Å²) in [6, 6.07) is 11.8. The molecule has 188 valence electrons. The van der Waals surface area contributed by atoms with E-state index in [0.29, 0.717) is 27.9 Å². The van der Waals surface area contributed by atoms with Gasteiger partial charge in [-0.2, -0.15) is 0 Å². The van der Waals surface area contributed by atoms with Crippen molar-refractivity contribution in [1.29, 1.82) is 0 Å². The van der Waals surface area contributed by atoms with E-state index in [0.717, 1.165) is 55.7 Å². The average Bonchev–Trinajstić information content (AvgIpc) is 3.48. The Balaban J connectivity index is 1.16. The van der Waals surface area contributed by atoms with Crippen molar-refractivity contribution in [1.82, 2.24) is 15.6 Å². The van der Waals surface area contributed by atoms with Crippen LogP contribution in [0.1, 0.15) is 67.8 Å². The smallest absolute Gasteiger partial charge is 0.263 e. The van der Waals surface area contributed by atoms with Gasteiger partial charge in [0.2, 0.25) is 0 Å². The van der Waals surface area contributed by atoms with Crippen molar-refractivity contribution >= 4 is 40.4 Å². The molecular formula is C28H31ClN4O2S. The highest BCUT2D eigenvalue weighted by atomic mass is 35.5. The summed E-state index contributed by atoms with van der Waals surface area (Å²) in [6.45, 7) is 6.71. The van der Waals surface area contributed by atoms with Crippen LogP contribution in [0.25, 0.3) is 0 Å². The van der Waals surface area contributed by atoms with Crippen molar-refractivity contribution in [2.24, 2.45) is 5.92 Å². The molecule has 1 aliphatic heterocycles. The zero-order valence-electron chi connectivity index (χ0n) is 20.6. The first-order valence-electron chi connectivity index (χ1n) is 12.5. The minimum absolute atomic E-state index is 0.0566. The summed E-state index contributed by atoms with van der Waals surface area (Å²) in [5.74, 6) is 0.247. The van der Waals surface area contributed by atoms with Crippen molar-refractivity contribution in [3.8, 4) is 0 Å². The first-order chi connectivity index (χ1) is 17.4. The van der Waals surface area contributed by atoms with Gasteiger partial charge in [-0.25, -0.2) is 0 Å². The van der Waals surface area contributed by atoms with E-state index in [1.165, 1.54) is 22.6 Å². The molecule has 2 aliphatic rings. The SMILES string of the molecule is Cc1cc(N2CCC(CNC(=O)c3ccc4c(c3)C(NC(=O)c3sccc3Cl)CC4)CC2)cc(C)n1. The number of thiophene rings is 1. The lowest BCUT2D eigenvalue weighted by Crippen LogP contribution is -2.38. The first kappa shape index (κ1) is 24.8. The molecule has 36 heavy (non-hydrogen) atoms. The number of carbonyl (C=O) groups excluding carboxylic acids is 2. The Morgan fingerprint density at radius 1 is 1.06 bits per heavy atom. The molecule has 2 N–H and O–H groups in total. The molecule has 1 atom stereocenters. The number of aryl methyl sites for hydroxylation is 3. The highest BCUT2D eigenvalue weighted by Crippen LogP contribution is 2.33. The Bertz CT molecular complexity index is 1260. The minimum Gasteiger partial charge on any atom is -0.371 e. The molecule has 1 fully saturated rings. The molecule has 5 rings (SSSR count). The maximum atomic E-state index is 13.0. The number of fused-ring (bicyclic) bond motifs is 1. The molecule has 0 bridgehead atoms. The number of rotatable bonds is 6. The monoisotopic (exact) mass is 522 g/mol. The number of piperidine rings is 1. The van der Waals surface area contributed by atoms with Gasteiger partial charge in [-0.05, 0) is 92.3 Å². The summed E-state index contributed by atoms with van der Waals surface area (Å²) >= 11 is 7.47. The van der Waals surface area contributed by atoms with Crippen molar-refractivity contribution < 1.29 is 9.59 Å². The molecule has 6 nitrogen and oxygen atoms in total. The van der Waals surface area contributed by atoms with Gasteiger partial charge in [-0.3, -0.25) is 14.6 Å². The van der Waals surface area contributed by atoms with Gasteiger partial charge in [0.05, 0.1) is 11.1 Å². The summed E-state index contributed by atoms with van der Waals surface area (Å²) in [4.78, 5) is 33.1. The summed E-state index contributed by atoms with van der Waals surface area (Å²) in [5.41, 5.74) is 6.19. The van der Waals surface area contributed by atoms with Crippen LogP contribution < -0.4 is 15.5 Å². The average molecular weight is 523 g/mol. The zero-order valence-corrected chi connectivity index (χ0v) is 22.2. The summed E-state index contributed by atoms with van der Waals surface area (Å²) in [5, 5.41) is 8.53. The predicted molar refractivity (Wildman–Crippen MR) is 145 cm³/mol. The molecule has 8 heteroatoms. The number of halogens is 1. The largest absolute Gasteiger partial charge is 0.371 e. The topological polar surface area (TPSA) is 74.3 Å². The van der Waals surface area contributed by atoms with Gasteiger partial charge in [0.1, 0.15) is 4.88 Å². The highest BCUT2D eigenvalue weighted by Gasteiger charge is 2.27. The van der Waals surface area contributed by atoms with Crippen LogP contribution in [0.15, 0.2) is 41.8 Å². The number of carbonyl (C=O) groups is 2. The van der Waals surface area contributed by atoms with E-state index in [4.69, 9.17) is 11.6 Å². The zero-order chi connectivity index (χ0) is 25.2. The minimum atomic E-state index is -0.161. The van der Waals surface area contributed by atoms with Gasteiger partial charge in [0, 0.05) is 42.3 Å². The second-order valence-corrected chi connectivity index (χ2v) is 11.1. The molecule has 2 aromatic heterocycles. The Labute approximate surface area is 221 Å². The van der Waals surface area contributed by atoms with Crippen LogP contribution in [-0.4, -0.2) is 36.4 Å². The molecule has 0 saturated carbocycles. The van der Waals surface area contributed by atoms with Gasteiger partial charge in [0.25, 0.3) is 11.8 Å². The number of pyridine rings is 1. The molecule has 1 aromatic carbocycles. The number of amides is 2. The number of aromatic nitrogens is 1. The summed E-state index contributed by atoms with van der Waals surface area (Å²) in [7, 11) is 0.